The van der Waals surface area contributed by atoms with Crippen LogP contribution in [0.25, 0.3) is 27.4 Å². The van der Waals surface area contributed by atoms with E-state index in [1.165, 1.54) is 10.7 Å². The Hall–Kier alpha value is -3.47. The van der Waals surface area contributed by atoms with Gasteiger partial charge in [-0.3, -0.25) is 9.69 Å². The van der Waals surface area contributed by atoms with Crippen molar-refractivity contribution in [3.8, 4) is 17.3 Å². The first-order chi connectivity index (χ1) is 20.4. The first kappa shape index (κ1) is 26.2. The summed E-state index contributed by atoms with van der Waals surface area (Å²) in [5, 5.41) is 21.1. The molecule has 0 spiro atoms. The number of nitrogens with one attached hydrogen (secondary N) is 1. The van der Waals surface area contributed by atoms with E-state index in [0.717, 1.165) is 51.0 Å². The number of fused-ring (bicyclic) bond motifs is 5. The summed E-state index contributed by atoms with van der Waals surface area (Å²) in [6.07, 6.45) is 5.41. The summed E-state index contributed by atoms with van der Waals surface area (Å²) in [6, 6.07) is 11.1. The summed E-state index contributed by atoms with van der Waals surface area (Å²) in [7, 11) is 0. The summed E-state index contributed by atoms with van der Waals surface area (Å²) in [4.78, 5) is 23.4. The molecule has 0 radical (unpaired) electrons. The van der Waals surface area contributed by atoms with Gasteiger partial charge in [0.05, 0.1) is 28.1 Å². The van der Waals surface area contributed by atoms with Gasteiger partial charge in [0, 0.05) is 61.0 Å². The monoisotopic (exact) mass is 590 g/mol. The second kappa shape index (κ2) is 9.79. The van der Waals surface area contributed by atoms with Gasteiger partial charge in [-0.05, 0) is 49.7 Å². The van der Waals surface area contributed by atoms with Gasteiger partial charge < -0.3 is 20.1 Å². The summed E-state index contributed by atoms with van der Waals surface area (Å²) >= 11 is 6.57. The Kier molecular flexibility index (Phi) is 6.10. The van der Waals surface area contributed by atoms with Gasteiger partial charge in [0.1, 0.15) is 24.0 Å². The molecule has 218 valence electrons. The number of alkyl halides is 1. The van der Waals surface area contributed by atoms with Crippen LogP contribution in [0.5, 0.6) is 11.6 Å². The first-order valence-corrected chi connectivity index (χ1v) is 15.1. The molecule has 2 unspecified atom stereocenters. The highest BCUT2D eigenvalue weighted by molar-refractivity contribution is 6.36. The van der Waals surface area contributed by atoms with Crippen molar-refractivity contribution in [2.45, 2.75) is 55.9 Å². The smallest absolute Gasteiger partial charge is 0.298 e. The van der Waals surface area contributed by atoms with Gasteiger partial charge in [-0.1, -0.05) is 23.7 Å². The van der Waals surface area contributed by atoms with Gasteiger partial charge in [0.2, 0.25) is 5.88 Å². The summed E-state index contributed by atoms with van der Waals surface area (Å²) < 4.78 is 22.1. The molecule has 2 N–H and O–H groups in total. The molecule has 9 nitrogen and oxygen atoms in total. The van der Waals surface area contributed by atoms with Gasteiger partial charge in [-0.2, -0.15) is 9.78 Å². The van der Waals surface area contributed by atoms with Crippen LogP contribution in [-0.4, -0.2) is 81.4 Å². The zero-order chi connectivity index (χ0) is 28.6. The first-order valence-electron chi connectivity index (χ1n) is 14.7. The molecule has 11 heteroatoms. The van der Waals surface area contributed by atoms with Crippen LogP contribution < -0.4 is 20.5 Å². The van der Waals surface area contributed by atoms with E-state index < -0.39 is 11.7 Å². The van der Waals surface area contributed by atoms with Crippen molar-refractivity contribution >= 4 is 39.0 Å². The van der Waals surface area contributed by atoms with Crippen molar-refractivity contribution in [2.24, 2.45) is 0 Å². The van der Waals surface area contributed by atoms with E-state index in [9.17, 15) is 14.3 Å². The van der Waals surface area contributed by atoms with Crippen molar-refractivity contribution in [3.05, 3.63) is 58.0 Å². The molecular formula is C31H32ClFN6O3. The lowest BCUT2D eigenvalue weighted by Gasteiger charge is -2.35. The fourth-order valence-electron chi connectivity index (χ4n) is 7.75. The van der Waals surface area contributed by atoms with E-state index >= 15 is 0 Å². The minimum atomic E-state index is -0.854. The van der Waals surface area contributed by atoms with Crippen LogP contribution in [0.1, 0.15) is 32.1 Å². The minimum Gasteiger partial charge on any atom is -0.508 e. The Morgan fingerprint density at radius 1 is 1.14 bits per heavy atom. The lowest BCUT2D eigenvalue weighted by atomic mass is 9.95. The number of halogens is 2. The molecule has 0 saturated carbocycles. The Balaban J connectivity index is 1.26. The van der Waals surface area contributed by atoms with Gasteiger partial charge in [0.15, 0.2) is 0 Å². The van der Waals surface area contributed by atoms with E-state index in [2.05, 4.69) is 20.2 Å². The van der Waals surface area contributed by atoms with Gasteiger partial charge in [-0.15, -0.1) is 0 Å². The number of anilines is 1. The molecule has 6 heterocycles. The molecule has 4 atom stereocenters. The molecule has 0 aliphatic carbocycles. The highest BCUT2D eigenvalue weighted by atomic mass is 35.5. The van der Waals surface area contributed by atoms with Crippen molar-refractivity contribution in [1.29, 1.82) is 0 Å². The number of phenolic OH excluding ortho intramolecular Hbond substituents is 1. The quantitative estimate of drug-likeness (QED) is 0.357. The number of aromatic hydroxyl groups is 1. The molecule has 4 aromatic rings. The number of aromatic nitrogens is 3. The molecule has 2 bridgehead atoms. The third-order valence-electron chi connectivity index (χ3n) is 9.64. The summed E-state index contributed by atoms with van der Waals surface area (Å²) in [5.74, 6) is 0.347. The molecule has 4 aliphatic heterocycles. The fraction of sp³-hybridized carbons (Fsp3) is 0.452. The number of benzene rings is 2. The van der Waals surface area contributed by atoms with Crippen molar-refractivity contribution in [3.63, 3.8) is 0 Å². The maximum Gasteiger partial charge on any atom is 0.298 e. The molecule has 0 amide bonds. The van der Waals surface area contributed by atoms with Crippen molar-refractivity contribution in [1.82, 2.24) is 25.0 Å². The Morgan fingerprint density at radius 2 is 1.98 bits per heavy atom. The predicted molar refractivity (Wildman–Crippen MR) is 160 cm³/mol. The number of rotatable bonds is 5. The third kappa shape index (κ3) is 4.22. The van der Waals surface area contributed by atoms with Gasteiger partial charge >= 0.3 is 0 Å². The zero-order valence-electron chi connectivity index (χ0n) is 23.1. The number of nitrogens with zero attached hydrogens (tertiary/aromatic N) is 5. The molecule has 8 rings (SSSR count). The van der Waals surface area contributed by atoms with Crippen LogP contribution >= 0.6 is 11.6 Å². The largest absolute Gasteiger partial charge is 0.508 e. The van der Waals surface area contributed by atoms with Crippen LogP contribution in [0.4, 0.5) is 10.1 Å². The number of piperazine rings is 1. The molecule has 4 aliphatic rings. The standard InChI is InChI=1S/C31H32ClFN6O3/c32-24-4-1-3-18-9-22(40)10-26(28(18)24)39-30(41)29-23(13-34-39)25(37-15-20-5-6-21(16-37)35-20)11-27(36-29)42-17-31-7-2-8-38(31)14-19(33)12-31/h1,3-4,9-11,13,19-21,35,40H,2,5-8,12,14-17H2/t19-,20?,21?,31+/m1/s1. The summed E-state index contributed by atoms with van der Waals surface area (Å²) in [6.45, 7) is 3.27. The molecule has 4 saturated heterocycles. The molecule has 2 aromatic carbocycles. The van der Waals surface area contributed by atoms with Crippen LogP contribution in [-0.2, 0) is 0 Å². The molecular weight excluding hydrogens is 559 g/mol. The minimum absolute atomic E-state index is 0.00121. The summed E-state index contributed by atoms with van der Waals surface area (Å²) in [5.41, 5.74) is 0.689. The number of hydrogen-bond acceptors (Lipinski definition) is 8. The maximum atomic E-state index is 14.4. The topological polar surface area (TPSA) is 95.8 Å². The fourth-order valence-corrected chi connectivity index (χ4v) is 8.03. The van der Waals surface area contributed by atoms with Crippen LogP contribution in [0.15, 0.2) is 47.4 Å². The van der Waals surface area contributed by atoms with E-state index in [4.69, 9.17) is 21.3 Å². The normalized spacial score (nSPS) is 27.3. The van der Waals surface area contributed by atoms with E-state index in [1.807, 2.05) is 12.1 Å². The van der Waals surface area contributed by atoms with E-state index in [-0.39, 0.29) is 16.8 Å². The number of hydrogen-bond donors (Lipinski definition) is 2. The Bertz CT molecular complexity index is 1770. The van der Waals surface area contributed by atoms with Crippen LogP contribution in [0, 0.1) is 0 Å². The number of phenols is 1. The molecule has 4 fully saturated rings. The van der Waals surface area contributed by atoms with Crippen LogP contribution in [0.3, 0.4) is 0 Å². The predicted octanol–water partition coefficient (Wildman–Crippen LogP) is 4.19. The maximum absolute atomic E-state index is 14.4. The highest BCUT2D eigenvalue weighted by Crippen LogP contribution is 2.41. The van der Waals surface area contributed by atoms with E-state index in [1.54, 1.807) is 24.4 Å². The van der Waals surface area contributed by atoms with Crippen molar-refractivity contribution < 1.29 is 14.2 Å². The van der Waals surface area contributed by atoms with Crippen molar-refractivity contribution in [2.75, 3.05) is 37.7 Å². The Morgan fingerprint density at radius 3 is 2.81 bits per heavy atom. The second-order valence-corrected chi connectivity index (χ2v) is 12.7. The SMILES string of the molecule is O=c1c2nc(OC[C@@]34CCCN3C[C@H](F)C4)cc(N3CC4CCC(C3)N4)c2cnn1-c1cc(O)cc2cccc(Cl)c12. The molecule has 42 heavy (non-hydrogen) atoms. The number of ether oxygens (including phenoxy) is 1. The number of pyridine rings is 1. The van der Waals surface area contributed by atoms with Crippen LogP contribution in [0.2, 0.25) is 5.02 Å². The van der Waals surface area contributed by atoms with E-state index in [0.29, 0.717) is 64.4 Å². The average Bonchev–Trinajstić information content (AvgIpc) is 3.61. The average molecular weight is 591 g/mol. The second-order valence-electron chi connectivity index (χ2n) is 12.3. The lowest BCUT2D eigenvalue weighted by molar-refractivity contribution is 0.111. The molecule has 2 aromatic heterocycles. The highest BCUT2D eigenvalue weighted by Gasteiger charge is 2.49. The Labute approximate surface area is 246 Å². The third-order valence-corrected chi connectivity index (χ3v) is 9.95. The van der Waals surface area contributed by atoms with Gasteiger partial charge in [0.25, 0.3) is 5.56 Å². The zero-order valence-corrected chi connectivity index (χ0v) is 23.9. The lowest BCUT2D eigenvalue weighted by Crippen LogP contribution is -2.51. The van der Waals surface area contributed by atoms with Gasteiger partial charge in [-0.25, -0.2) is 9.37 Å².